The van der Waals surface area contributed by atoms with E-state index >= 15 is 0 Å². The van der Waals surface area contributed by atoms with Crippen LogP contribution in [-0.4, -0.2) is 93.3 Å². The van der Waals surface area contributed by atoms with Gasteiger partial charge in [-0.2, -0.15) is 0 Å². The molecule has 2 aliphatic heterocycles. The van der Waals surface area contributed by atoms with Gasteiger partial charge in [-0.25, -0.2) is 0 Å². The van der Waals surface area contributed by atoms with E-state index in [-0.39, 0.29) is 24.4 Å². The Labute approximate surface area is 182 Å². The van der Waals surface area contributed by atoms with Gasteiger partial charge in [-0.3, -0.25) is 9.69 Å². The fourth-order valence-electron chi connectivity index (χ4n) is 4.11. The number of likely N-dealkylation sites (N-methyl/N-ethyl adjacent to an activating group) is 1. The highest BCUT2D eigenvalue weighted by molar-refractivity contribution is 7.99. The molecule has 28 heavy (non-hydrogen) atoms. The average molecular weight is 461 g/mol. The van der Waals surface area contributed by atoms with E-state index in [0.717, 1.165) is 25.8 Å². The Morgan fingerprint density at radius 2 is 1.96 bits per heavy atom. The van der Waals surface area contributed by atoms with Gasteiger partial charge in [0.15, 0.2) is 0 Å². The number of halogens is 2. The van der Waals surface area contributed by atoms with Gasteiger partial charge >= 0.3 is 0 Å². The molecule has 0 aromatic rings. The van der Waals surface area contributed by atoms with Crippen molar-refractivity contribution < 1.29 is 24.9 Å². The van der Waals surface area contributed by atoms with Gasteiger partial charge in [0.2, 0.25) is 5.91 Å². The van der Waals surface area contributed by atoms with Crippen molar-refractivity contribution >= 4 is 41.7 Å². The van der Waals surface area contributed by atoms with E-state index in [1.807, 2.05) is 11.9 Å². The van der Waals surface area contributed by atoms with Crippen LogP contribution in [0.2, 0.25) is 0 Å². The first-order valence-corrected chi connectivity index (χ1v) is 11.3. The number of hydrogen-bond donors (Lipinski definition) is 4. The highest BCUT2D eigenvalue weighted by atomic mass is 35.5. The lowest BCUT2D eigenvalue weighted by Crippen LogP contribution is -2.65. The number of rotatable bonds is 7. The third-order valence-corrected chi connectivity index (χ3v) is 6.76. The molecular formula is C18H34Cl2N2O5S. The molecule has 0 aromatic carbocycles. The minimum atomic E-state index is -1.36. The second kappa shape index (κ2) is 11.6. The molecule has 0 radical (unpaired) electrons. The molecular weight excluding hydrogens is 427 g/mol. The number of likely N-dealkylation sites (tertiary alicyclic amines) is 1. The molecule has 2 rings (SSSR count). The number of ether oxygens (including phenoxy) is 1. The zero-order valence-corrected chi connectivity index (χ0v) is 19.2. The molecule has 2 aliphatic rings. The first-order chi connectivity index (χ1) is 12.7. The molecule has 7 nitrogen and oxygen atoms in total. The van der Waals surface area contributed by atoms with Gasteiger partial charge in [-0.1, -0.05) is 13.3 Å². The van der Waals surface area contributed by atoms with Crippen LogP contribution < -0.4 is 5.32 Å². The summed E-state index contributed by atoms with van der Waals surface area (Å²) in [6.45, 7) is 4.74. The molecule has 2 saturated heterocycles. The van der Waals surface area contributed by atoms with Gasteiger partial charge in [0.05, 0.1) is 17.5 Å². The summed E-state index contributed by atoms with van der Waals surface area (Å²) in [6.07, 6.45) is -0.0980. The van der Waals surface area contributed by atoms with Crippen LogP contribution in [-0.2, 0) is 9.53 Å². The molecule has 2 fully saturated rings. The minimum absolute atomic E-state index is 0. The number of aliphatic hydroxyl groups excluding tert-OH is 3. The Balaban J connectivity index is 0.00000392. The van der Waals surface area contributed by atoms with Crippen molar-refractivity contribution in [3.05, 3.63) is 0 Å². The van der Waals surface area contributed by atoms with Crippen molar-refractivity contribution in [3.8, 4) is 0 Å². The summed E-state index contributed by atoms with van der Waals surface area (Å²) in [5, 5.41) is 33.0. The molecule has 1 amide bonds. The predicted octanol–water partition coefficient (Wildman–Crippen LogP) is 0.811. The normalized spacial score (nSPS) is 38.5. The number of carbonyl (C=O) groups excluding carboxylic acids is 1. The maximum absolute atomic E-state index is 12.9. The third-order valence-electron chi connectivity index (χ3n) is 5.63. The molecule has 2 heterocycles. The number of nitrogens with zero attached hydrogens (tertiary/aromatic N) is 1. The van der Waals surface area contributed by atoms with Crippen molar-refractivity contribution in [3.63, 3.8) is 0 Å². The van der Waals surface area contributed by atoms with E-state index in [2.05, 4.69) is 12.2 Å². The Morgan fingerprint density at radius 3 is 2.50 bits per heavy atom. The van der Waals surface area contributed by atoms with Crippen LogP contribution in [0.1, 0.15) is 33.1 Å². The van der Waals surface area contributed by atoms with E-state index < -0.39 is 41.3 Å². The Hall–Kier alpha value is 0.200. The highest BCUT2D eigenvalue weighted by Gasteiger charge is 2.48. The number of amides is 1. The molecule has 0 aromatic heterocycles. The van der Waals surface area contributed by atoms with Crippen molar-refractivity contribution in [1.82, 2.24) is 10.2 Å². The fraction of sp³-hybridized carbons (Fsp3) is 0.944. The van der Waals surface area contributed by atoms with Gasteiger partial charge in [-0.15, -0.1) is 35.8 Å². The summed E-state index contributed by atoms with van der Waals surface area (Å²) < 4.78 is 5.79. The van der Waals surface area contributed by atoms with E-state index in [9.17, 15) is 20.1 Å². The number of aliphatic hydroxyl groups is 3. The third kappa shape index (κ3) is 5.88. The summed E-state index contributed by atoms with van der Waals surface area (Å²) in [5.41, 5.74) is -0.702. The molecule has 0 aliphatic carbocycles. The lowest BCUT2D eigenvalue weighted by atomic mass is 9.92. The Morgan fingerprint density at radius 1 is 1.32 bits per heavy atom. The largest absolute Gasteiger partial charge is 0.388 e. The predicted molar refractivity (Wildman–Crippen MR) is 114 cm³/mol. The van der Waals surface area contributed by atoms with Crippen LogP contribution in [0.3, 0.4) is 0 Å². The molecule has 0 spiro atoms. The second-order valence-corrected chi connectivity index (χ2v) is 9.36. The Kier molecular flexibility index (Phi) is 10.8. The zero-order chi connectivity index (χ0) is 20.3. The summed E-state index contributed by atoms with van der Waals surface area (Å²) >= 11 is 7.55. The Bertz CT molecular complexity index is 503. The van der Waals surface area contributed by atoms with Crippen molar-refractivity contribution in [2.75, 3.05) is 19.8 Å². The SMILES string of the molecule is CCC[C@@H]1CC(C(=O)N[C@@H](C2O[C@H](SC)C(O)[C@H](O)[C@H]2O)[C@H](C)Cl)N(C)C1.Cl. The smallest absolute Gasteiger partial charge is 0.237 e. The van der Waals surface area contributed by atoms with Gasteiger partial charge in [0.1, 0.15) is 29.9 Å². The van der Waals surface area contributed by atoms with Crippen molar-refractivity contribution in [2.24, 2.45) is 5.92 Å². The maximum atomic E-state index is 12.9. The summed E-state index contributed by atoms with van der Waals surface area (Å²) in [4.78, 5) is 14.9. The minimum Gasteiger partial charge on any atom is -0.388 e. The zero-order valence-electron chi connectivity index (χ0n) is 16.8. The van der Waals surface area contributed by atoms with Gasteiger partial charge in [0.25, 0.3) is 0 Å². The number of carbonyl (C=O) groups is 1. The number of nitrogens with one attached hydrogen (secondary N) is 1. The van der Waals surface area contributed by atoms with Crippen LogP contribution in [0.25, 0.3) is 0 Å². The van der Waals surface area contributed by atoms with Crippen LogP contribution in [0, 0.1) is 5.92 Å². The van der Waals surface area contributed by atoms with Gasteiger partial charge < -0.3 is 25.4 Å². The average Bonchev–Trinajstić information content (AvgIpc) is 2.99. The molecule has 10 heteroatoms. The molecule has 3 unspecified atom stereocenters. The lowest BCUT2D eigenvalue weighted by Gasteiger charge is -2.44. The first-order valence-electron chi connectivity index (χ1n) is 9.58. The number of alkyl halides is 1. The quantitative estimate of drug-likeness (QED) is 0.416. The summed E-state index contributed by atoms with van der Waals surface area (Å²) in [7, 11) is 1.94. The molecule has 166 valence electrons. The molecule has 0 saturated carbocycles. The summed E-state index contributed by atoms with van der Waals surface area (Å²) in [5.74, 6) is 0.350. The maximum Gasteiger partial charge on any atom is 0.237 e. The number of thioether (sulfide) groups is 1. The van der Waals surface area contributed by atoms with E-state index in [4.69, 9.17) is 16.3 Å². The standard InChI is InChI=1S/C18H33ClN2O5S.ClH/c1-5-6-10-7-11(21(3)8-10)17(25)20-12(9(2)19)16-14(23)13(22)15(24)18(26-16)27-4;/h9-16,18,22-24H,5-8H2,1-4H3,(H,20,25);1H/t9-,10+,11?,12+,13+,14+,15?,16?,18+;/m0./s1. The molecule has 4 N–H and O–H groups in total. The van der Waals surface area contributed by atoms with Crippen molar-refractivity contribution in [1.29, 1.82) is 0 Å². The van der Waals surface area contributed by atoms with E-state index in [0.29, 0.717) is 5.92 Å². The van der Waals surface area contributed by atoms with Gasteiger partial charge in [0, 0.05) is 6.54 Å². The lowest BCUT2D eigenvalue weighted by molar-refractivity contribution is -0.205. The topological polar surface area (TPSA) is 102 Å². The van der Waals surface area contributed by atoms with Crippen molar-refractivity contribution in [2.45, 2.75) is 80.4 Å². The van der Waals surface area contributed by atoms with Crippen LogP contribution in [0.4, 0.5) is 0 Å². The second-order valence-electron chi connectivity index (χ2n) is 7.73. The van der Waals surface area contributed by atoms with Crippen LogP contribution in [0.5, 0.6) is 0 Å². The number of hydrogen-bond acceptors (Lipinski definition) is 7. The van der Waals surface area contributed by atoms with Crippen LogP contribution in [0.15, 0.2) is 0 Å². The molecule has 9 atom stereocenters. The van der Waals surface area contributed by atoms with Gasteiger partial charge in [-0.05, 0) is 39.0 Å². The fourth-order valence-corrected chi connectivity index (χ4v) is 5.00. The monoisotopic (exact) mass is 460 g/mol. The molecule has 0 bridgehead atoms. The highest BCUT2D eigenvalue weighted by Crippen LogP contribution is 2.31. The van der Waals surface area contributed by atoms with E-state index in [1.165, 1.54) is 11.8 Å². The first kappa shape index (κ1) is 26.2. The van der Waals surface area contributed by atoms with E-state index in [1.54, 1.807) is 13.2 Å². The van der Waals surface area contributed by atoms with Crippen LogP contribution >= 0.6 is 35.8 Å². The summed E-state index contributed by atoms with van der Waals surface area (Å²) in [6, 6.07) is -0.934.